The number of H-pyrrole nitrogens is 1. The Morgan fingerprint density at radius 1 is 1.78 bits per heavy atom. The largest absolute Gasteiger partial charge is 0.367 e. The van der Waals surface area contributed by atoms with Crippen LogP contribution in [0.15, 0.2) is 23.4 Å². The Labute approximate surface area is 59.9 Å². The number of thioether (sulfide) groups is 1. The molecule has 0 atom stereocenters. The van der Waals surface area contributed by atoms with Gasteiger partial charge in [0, 0.05) is 23.0 Å². The van der Waals surface area contributed by atoms with Crippen molar-refractivity contribution in [2.45, 2.75) is 11.8 Å². The van der Waals surface area contributed by atoms with E-state index in [4.69, 9.17) is 0 Å². The second-order valence-corrected chi connectivity index (χ2v) is 2.86. The van der Waals surface area contributed by atoms with E-state index in [0.29, 0.717) is 0 Å². The SMILES string of the molecule is C[CH]CSc1cc[nH]c1. The molecule has 0 spiro atoms. The lowest BCUT2D eigenvalue weighted by Crippen LogP contribution is -1.71. The van der Waals surface area contributed by atoms with E-state index in [1.165, 1.54) is 4.90 Å². The van der Waals surface area contributed by atoms with Crippen molar-refractivity contribution in [1.29, 1.82) is 0 Å². The molecule has 0 amide bonds. The molecule has 1 aromatic rings. The zero-order chi connectivity index (χ0) is 6.53. The zero-order valence-corrected chi connectivity index (χ0v) is 6.24. The molecule has 0 bridgehead atoms. The van der Waals surface area contributed by atoms with Crippen LogP contribution in [-0.2, 0) is 0 Å². The van der Waals surface area contributed by atoms with Gasteiger partial charge in [-0.05, 0) is 12.5 Å². The average molecular weight is 140 g/mol. The van der Waals surface area contributed by atoms with Crippen molar-refractivity contribution < 1.29 is 0 Å². The van der Waals surface area contributed by atoms with Gasteiger partial charge in [0.25, 0.3) is 0 Å². The van der Waals surface area contributed by atoms with Gasteiger partial charge in [0.05, 0.1) is 0 Å². The van der Waals surface area contributed by atoms with Gasteiger partial charge in [0.1, 0.15) is 0 Å². The summed E-state index contributed by atoms with van der Waals surface area (Å²) in [6, 6.07) is 2.08. The third-order valence-electron chi connectivity index (χ3n) is 0.986. The number of hydrogen-bond acceptors (Lipinski definition) is 1. The molecule has 1 heterocycles. The van der Waals surface area contributed by atoms with Crippen molar-refractivity contribution in [3.63, 3.8) is 0 Å². The highest BCUT2D eigenvalue weighted by atomic mass is 32.2. The van der Waals surface area contributed by atoms with E-state index < -0.39 is 0 Å². The van der Waals surface area contributed by atoms with Crippen LogP contribution in [0.2, 0.25) is 0 Å². The monoisotopic (exact) mass is 140 g/mol. The minimum atomic E-state index is 1.10. The topological polar surface area (TPSA) is 15.8 Å². The van der Waals surface area contributed by atoms with Crippen molar-refractivity contribution in [3.8, 4) is 0 Å². The summed E-state index contributed by atoms with van der Waals surface area (Å²) in [7, 11) is 0. The van der Waals surface area contributed by atoms with Gasteiger partial charge in [-0.25, -0.2) is 0 Å². The number of nitrogens with one attached hydrogen (secondary N) is 1. The molecule has 0 fully saturated rings. The van der Waals surface area contributed by atoms with E-state index in [0.717, 1.165) is 5.75 Å². The zero-order valence-electron chi connectivity index (χ0n) is 5.42. The van der Waals surface area contributed by atoms with Crippen LogP contribution in [0, 0.1) is 6.42 Å². The molecule has 0 aliphatic rings. The van der Waals surface area contributed by atoms with Gasteiger partial charge in [-0.2, -0.15) is 0 Å². The molecule has 0 aliphatic carbocycles. The Kier molecular flexibility index (Phi) is 2.71. The first kappa shape index (κ1) is 6.75. The van der Waals surface area contributed by atoms with E-state index in [2.05, 4.69) is 24.4 Å². The summed E-state index contributed by atoms with van der Waals surface area (Å²) in [6.07, 6.45) is 6.10. The predicted octanol–water partition coefficient (Wildman–Crippen LogP) is 2.33. The molecule has 1 radical (unpaired) electrons. The van der Waals surface area contributed by atoms with Crippen molar-refractivity contribution >= 4 is 11.8 Å². The first-order valence-electron chi connectivity index (χ1n) is 2.97. The molecule has 0 aromatic carbocycles. The van der Waals surface area contributed by atoms with E-state index in [1.54, 1.807) is 0 Å². The first-order valence-corrected chi connectivity index (χ1v) is 3.95. The van der Waals surface area contributed by atoms with Crippen molar-refractivity contribution in [2.24, 2.45) is 0 Å². The number of hydrogen-bond donors (Lipinski definition) is 1. The highest BCUT2D eigenvalue weighted by molar-refractivity contribution is 7.99. The lowest BCUT2D eigenvalue weighted by Gasteiger charge is -1.90. The van der Waals surface area contributed by atoms with Crippen LogP contribution in [-0.4, -0.2) is 10.7 Å². The molecular formula is C7H10NS. The van der Waals surface area contributed by atoms with Gasteiger partial charge < -0.3 is 4.98 Å². The summed E-state index contributed by atoms with van der Waals surface area (Å²) in [5, 5.41) is 0. The Hall–Kier alpha value is -0.370. The molecular weight excluding hydrogens is 130 g/mol. The third kappa shape index (κ3) is 2.14. The normalized spacial score (nSPS) is 9.89. The second kappa shape index (κ2) is 3.62. The van der Waals surface area contributed by atoms with Gasteiger partial charge in [0.15, 0.2) is 0 Å². The molecule has 0 unspecified atom stereocenters. The number of aromatic nitrogens is 1. The van der Waals surface area contributed by atoms with Crippen molar-refractivity contribution in [2.75, 3.05) is 5.75 Å². The summed E-state index contributed by atoms with van der Waals surface area (Å²) in [4.78, 5) is 4.32. The van der Waals surface area contributed by atoms with E-state index in [1.807, 2.05) is 24.2 Å². The predicted molar refractivity (Wildman–Crippen MR) is 41.5 cm³/mol. The molecule has 1 rings (SSSR count). The van der Waals surface area contributed by atoms with Crippen LogP contribution in [0.5, 0.6) is 0 Å². The molecule has 1 aromatic heterocycles. The minimum absolute atomic E-state index is 1.10. The fraction of sp³-hybridized carbons (Fsp3) is 0.286. The van der Waals surface area contributed by atoms with Crippen molar-refractivity contribution in [1.82, 2.24) is 4.98 Å². The molecule has 0 aliphatic heterocycles. The Balaban J connectivity index is 2.30. The quantitative estimate of drug-likeness (QED) is 0.637. The molecule has 1 nitrogen and oxygen atoms in total. The molecule has 2 heteroatoms. The standard InChI is InChI=1S/C7H10NS/c1-2-5-9-7-3-4-8-6-7/h2-4,6,8H,5H2,1H3. The molecule has 0 saturated carbocycles. The average Bonchev–Trinajstić information content (AvgIpc) is 2.34. The Morgan fingerprint density at radius 3 is 3.22 bits per heavy atom. The molecule has 49 valence electrons. The van der Waals surface area contributed by atoms with Crippen LogP contribution < -0.4 is 0 Å². The van der Waals surface area contributed by atoms with Gasteiger partial charge in [-0.15, -0.1) is 11.8 Å². The van der Waals surface area contributed by atoms with E-state index in [-0.39, 0.29) is 0 Å². The summed E-state index contributed by atoms with van der Waals surface area (Å²) >= 11 is 1.84. The van der Waals surface area contributed by atoms with E-state index in [9.17, 15) is 0 Å². The van der Waals surface area contributed by atoms with Crippen LogP contribution in [0.1, 0.15) is 6.92 Å². The number of rotatable bonds is 3. The lowest BCUT2D eigenvalue weighted by atomic mass is 10.6. The Bertz CT molecular complexity index is 146. The Morgan fingerprint density at radius 2 is 2.67 bits per heavy atom. The molecule has 1 N–H and O–H groups in total. The maximum absolute atomic E-state index is 3.00. The summed E-state index contributed by atoms with van der Waals surface area (Å²) in [6.45, 7) is 2.07. The summed E-state index contributed by atoms with van der Waals surface area (Å²) < 4.78 is 0. The first-order chi connectivity index (χ1) is 4.43. The smallest absolute Gasteiger partial charge is 0.0247 e. The lowest BCUT2D eigenvalue weighted by molar-refractivity contribution is 1.37. The third-order valence-corrected chi connectivity index (χ3v) is 2.07. The minimum Gasteiger partial charge on any atom is -0.367 e. The van der Waals surface area contributed by atoms with Crippen LogP contribution in [0.3, 0.4) is 0 Å². The maximum Gasteiger partial charge on any atom is 0.0247 e. The maximum atomic E-state index is 3.00. The fourth-order valence-corrected chi connectivity index (χ4v) is 1.25. The second-order valence-electron chi connectivity index (χ2n) is 1.77. The fourth-order valence-electron chi connectivity index (χ4n) is 0.578. The van der Waals surface area contributed by atoms with Gasteiger partial charge in [-0.3, -0.25) is 0 Å². The van der Waals surface area contributed by atoms with Gasteiger partial charge >= 0.3 is 0 Å². The van der Waals surface area contributed by atoms with Crippen LogP contribution >= 0.6 is 11.8 Å². The van der Waals surface area contributed by atoms with Gasteiger partial charge in [-0.1, -0.05) is 6.92 Å². The van der Waals surface area contributed by atoms with Crippen LogP contribution in [0.25, 0.3) is 0 Å². The van der Waals surface area contributed by atoms with Gasteiger partial charge in [0.2, 0.25) is 0 Å². The molecule has 9 heavy (non-hydrogen) atoms. The van der Waals surface area contributed by atoms with Crippen molar-refractivity contribution in [3.05, 3.63) is 24.9 Å². The number of aromatic amines is 1. The summed E-state index contributed by atoms with van der Waals surface area (Å²) in [5.74, 6) is 1.10. The highest BCUT2D eigenvalue weighted by Gasteiger charge is 1.89. The van der Waals surface area contributed by atoms with Crippen LogP contribution in [0.4, 0.5) is 0 Å². The molecule has 0 saturated heterocycles. The summed E-state index contributed by atoms with van der Waals surface area (Å²) in [5.41, 5.74) is 0. The van der Waals surface area contributed by atoms with E-state index >= 15 is 0 Å². The highest BCUT2D eigenvalue weighted by Crippen LogP contribution is 2.16.